The summed E-state index contributed by atoms with van der Waals surface area (Å²) in [6.07, 6.45) is 2.03. The van der Waals surface area contributed by atoms with Gasteiger partial charge in [-0.05, 0) is 43.2 Å². The number of aromatic nitrogens is 1. The van der Waals surface area contributed by atoms with Crippen LogP contribution in [0.15, 0.2) is 54.7 Å². The maximum Gasteiger partial charge on any atom is 0.0702 e. The summed E-state index contributed by atoms with van der Waals surface area (Å²) >= 11 is 0. The number of aryl methyl sites for hydroxylation is 2. The first-order chi connectivity index (χ1) is 12.2. The highest BCUT2D eigenvalue weighted by atomic mass is 15.3. The van der Waals surface area contributed by atoms with Crippen molar-refractivity contribution >= 4 is 16.6 Å². The zero-order valence-electron chi connectivity index (χ0n) is 15.1. The summed E-state index contributed by atoms with van der Waals surface area (Å²) in [5.41, 5.74) is 6.48. The van der Waals surface area contributed by atoms with Gasteiger partial charge in [0, 0.05) is 50.0 Å². The molecular weight excluding hydrogens is 306 g/mol. The first-order valence-corrected chi connectivity index (χ1v) is 9.07. The molecule has 2 aromatic carbocycles. The fourth-order valence-corrected chi connectivity index (χ4v) is 3.77. The van der Waals surface area contributed by atoms with Crippen LogP contribution in [0, 0.1) is 13.8 Å². The standard InChI is InChI=1S/C22H25N3/c1-17-7-8-22(18(2)13-17)25-11-9-24(10-12-25)16-19-14-20-5-3-4-6-21(20)23-15-19/h3-8,13-15H,9-12,16H2,1-2H3. The van der Waals surface area contributed by atoms with Gasteiger partial charge in [0.2, 0.25) is 0 Å². The molecule has 25 heavy (non-hydrogen) atoms. The van der Waals surface area contributed by atoms with Gasteiger partial charge < -0.3 is 4.90 Å². The van der Waals surface area contributed by atoms with Crippen LogP contribution in [0.1, 0.15) is 16.7 Å². The molecule has 0 radical (unpaired) electrons. The highest BCUT2D eigenvalue weighted by Gasteiger charge is 2.18. The molecule has 1 fully saturated rings. The molecule has 0 amide bonds. The van der Waals surface area contributed by atoms with Crippen LogP contribution in [0.2, 0.25) is 0 Å². The summed E-state index contributed by atoms with van der Waals surface area (Å²) < 4.78 is 0. The van der Waals surface area contributed by atoms with Gasteiger partial charge in [0.15, 0.2) is 0 Å². The smallest absolute Gasteiger partial charge is 0.0702 e. The molecular formula is C22H25N3. The second-order valence-corrected chi connectivity index (χ2v) is 7.09. The van der Waals surface area contributed by atoms with E-state index in [1.807, 2.05) is 12.3 Å². The highest BCUT2D eigenvalue weighted by molar-refractivity contribution is 5.78. The van der Waals surface area contributed by atoms with Crippen LogP contribution in [0.3, 0.4) is 0 Å². The van der Waals surface area contributed by atoms with E-state index < -0.39 is 0 Å². The predicted molar refractivity (Wildman–Crippen MR) is 105 cm³/mol. The zero-order valence-corrected chi connectivity index (χ0v) is 15.1. The molecule has 1 aliphatic rings. The average molecular weight is 331 g/mol. The molecule has 0 aliphatic carbocycles. The van der Waals surface area contributed by atoms with E-state index in [0.717, 1.165) is 38.2 Å². The van der Waals surface area contributed by atoms with Crippen LogP contribution >= 0.6 is 0 Å². The second-order valence-electron chi connectivity index (χ2n) is 7.09. The fourth-order valence-electron chi connectivity index (χ4n) is 3.77. The van der Waals surface area contributed by atoms with Gasteiger partial charge in [-0.1, -0.05) is 35.9 Å². The third-order valence-corrected chi connectivity index (χ3v) is 5.12. The quantitative estimate of drug-likeness (QED) is 0.718. The minimum absolute atomic E-state index is 0.985. The van der Waals surface area contributed by atoms with Gasteiger partial charge in [0.05, 0.1) is 5.52 Å². The highest BCUT2D eigenvalue weighted by Crippen LogP contribution is 2.23. The number of anilines is 1. The number of hydrogen-bond donors (Lipinski definition) is 0. The molecule has 3 aromatic rings. The Morgan fingerprint density at radius 3 is 2.52 bits per heavy atom. The Hall–Kier alpha value is -2.39. The molecule has 2 heterocycles. The minimum atomic E-state index is 0.985. The number of rotatable bonds is 3. The van der Waals surface area contributed by atoms with Crippen LogP contribution in [-0.2, 0) is 6.54 Å². The normalized spacial score (nSPS) is 15.7. The average Bonchev–Trinajstić information content (AvgIpc) is 2.63. The SMILES string of the molecule is Cc1ccc(N2CCN(Cc3cnc4ccccc4c3)CC2)c(C)c1. The van der Waals surface area contributed by atoms with Gasteiger partial charge in [-0.3, -0.25) is 9.88 Å². The van der Waals surface area contributed by atoms with Crippen molar-refractivity contribution in [1.82, 2.24) is 9.88 Å². The molecule has 0 saturated carbocycles. The van der Waals surface area contributed by atoms with Crippen LogP contribution < -0.4 is 4.90 Å². The number of fused-ring (bicyclic) bond motifs is 1. The lowest BCUT2D eigenvalue weighted by molar-refractivity contribution is 0.249. The van der Waals surface area contributed by atoms with Crippen molar-refractivity contribution in [3.05, 3.63) is 71.4 Å². The lowest BCUT2D eigenvalue weighted by atomic mass is 10.1. The third kappa shape index (κ3) is 3.52. The minimum Gasteiger partial charge on any atom is -0.369 e. The Labute approximate surface area is 149 Å². The first-order valence-electron chi connectivity index (χ1n) is 9.07. The van der Waals surface area contributed by atoms with E-state index in [-0.39, 0.29) is 0 Å². The number of nitrogens with zero attached hydrogens (tertiary/aromatic N) is 3. The fraction of sp³-hybridized carbons (Fsp3) is 0.318. The Balaban J connectivity index is 1.41. The summed E-state index contributed by atoms with van der Waals surface area (Å²) in [6, 6.07) is 17.4. The van der Waals surface area contributed by atoms with E-state index in [1.165, 1.54) is 27.8 Å². The van der Waals surface area contributed by atoms with Crippen LogP contribution in [0.4, 0.5) is 5.69 Å². The van der Waals surface area contributed by atoms with E-state index in [0.29, 0.717) is 0 Å². The molecule has 0 atom stereocenters. The summed E-state index contributed by atoms with van der Waals surface area (Å²) in [4.78, 5) is 9.64. The van der Waals surface area contributed by atoms with Crippen molar-refractivity contribution in [3.63, 3.8) is 0 Å². The molecule has 0 bridgehead atoms. The number of benzene rings is 2. The Morgan fingerprint density at radius 1 is 0.920 bits per heavy atom. The monoisotopic (exact) mass is 331 g/mol. The third-order valence-electron chi connectivity index (χ3n) is 5.12. The van der Waals surface area contributed by atoms with E-state index in [2.05, 4.69) is 71.1 Å². The largest absolute Gasteiger partial charge is 0.369 e. The summed E-state index contributed by atoms with van der Waals surface area (Å²) in [7, 11) is 0. The van der Waals surface area contributed by atoms with Crippen molar-refractivity contribution < 1.29 is 0 Å². The predicted octanol–water partition coefficient (Wildman–Crippen LogP) is 4.17. The van der Waals surface area contributed by atoms with Crippen molar-refractivity contribution in [2.45, 2.75) is 20.4 Å². The van der Waals surface area contributed by atoms with Crippen LogP contribution in [0.5, 0.6) is 0 Å². The molecule has 0 unspecified atom stereocenters. The van der Waals surface area contributed by atoms with E-state index in [9.17, 15) is 0 Å². The molecule has 1 saturated heterocycles. The van der Waals surface area contributed by atoms with Gasteiger partial charge in [-0.15, -0.1) is 0 Å². The number of pyridine rings is 1. The zero-order chi connectivity index (χ0) is 17.2. The van der Waals surface area contributed by atoms with Gasteiger partial charge >= 0.3 is 0 Å². The molecule has 1 aromatic heterocycles. The molecule has 3 nitrogen and oxygen atoms in total. The van der Waals surface area contributed by atoms with Gasteiger partial charge in [0.1, 0.15) is 0 Å². The Morgan fingerprint density at radius 2 is 1.72 bits per heavy atom. The van der Waals surface area contributed by atoms with Crippen LogP contribution in [0.25, 0.3) is 10.9 Å². The van der Waals surface area contributed by atoms with Gasteiger partial charge in [-0.25, -0.2) is 0 Å². The molecule has 128 valence electrons. The lowest BCUT2D eigenvalue weighted by Crippen LogP contribution is -2.46. The summed E-state index contributed by atoms with van der Waals surface area (Å²) in [5, 5.41) is 1.23. The number of piperazine rings is 1. The van der Waals surface area contributed by atoms with Crippen molar-refractivity contribution in [1.29, 1.82) is 0 Å². The van der Waals surface area contributed by atoms with Crippen molar-refractivity contribution in [3.8, 4) is 0 Å². The summed E-state index contributed by atoms with van der Waals surface area (Å²) in [6.45, 7) is 9.73. The van der Waals surface area contributed by atoms with Gasteiger partial charge in [0.25, 0.3) is 0 Å². The number of hydrogen-bond acceptors (Lipinski definition) is 3. The lowest BCUT2D eigenvalue weighted by Gasteiger charge is -2.37. The van der Waals surface area contributed by atoms with E-state index in [4.69, 9.17) is 0 Å². The van der Waals surface area contributed by atoms with Crippen molar-refractivity contribution in [2.24, 2.45) is 0 Å². The topological polar surface area (TPSA) is 19.4 Å². The van der Waals surface area contributed by atoms with E-state index >= 15 is 0 Å². The van der Waals surface area contributed by atoms with Gasteiger partial charge in [-0.2, -0.15) is 0 Å². The Bertz CT molecular complexity index is 879. The maximum absolute atomic E-state index is 4.59. The molecule has 3 heteroatoms. The molecule has 0 spiro atoms. The molecule has 4 rings (SSSR count). The molecule has 1 aliphatic heterocycles. The van der Waals surface area contributed by atoms with Crippen molar-refractivity contribution in [2.75, 3.05) is 31.1 Å². The second kappa shape index (κ2) is 6.85. The molecule has 0 N–H and O–H groups in total. The van der Waals surface area contributed by atoms with E-state index in [1.54, 1.807) is 0 Å². The maximum atomic E-state index is 4.59. The summed E-state index contributed by atoms with van der Waals surface area (Å²) in [5.74, 6) is 0. The first kappa shape index (κ1) is 16.1. The Kier molecular flexibility index (Phi) is 4.41. The number of para-hydroxylation sites is 1. The van der Waals surface area contributed by atoms with Crippen LogP contribution in [-0.4, -0.2) is 36.1 Å².